The second-order valence-corrected chi connectivity index (χ2v) is 9.71. The van der Waals surface area contributed by atoms with Gasteiger partial charge in [0.05, 0.1) is 17.8 Å². The largest absolute Gasteiger partial charge is 0.481 e. The molecule has 6 heteroatoms. The topological polar surface area (TPSA) is 69.6 Å². The van der Waals surface area contributed by atoms with Crippen molar-refractivity contribution < 1.29 is 14.7 Å². The van der Waals surface area contributed by atoms with Gasteiger partial charge < -0.3 is 15.3 Å². The fourth-order valence-electron chi connectivity index (χ4n) is 4.31. The molecule has 2 N–H and O–H groups in total. The van der Waals surface area contributed by atoms with Crippen molar-refractivity contribution in [2.24, 2.45) is 5.41 Å². The Balaban J connectivity index is 0.00000480. The summed E-state index contributed by atoms with van der Waals surface area (Å²) in [6.07, 6.45) is 8.40. The van der Waals surface area contributed by atoms with E-state index in [4.69, 9.17) is 0 Å². The Hall–Kier alpha value is -1.04. The Morgan fingerprint density at radius 3 is 2.23 bits per heavy atom. The minimum atomic E-state index is -0.837. The van der Waals surface area contributed by atoms with Gasteiger partial charge in [-0.2, -0.15) is 0 Å². The monoisotopic (exact) mass is 439 g/mol. The third-order valence-corrected chi connectivity index (χ3v) is 6.23. The molecule has 0 aromatic heterocycles. The zero-order valence-electron chi connectivity index (χ0n) is 20.8. The number of fused-ring (bicyclic) bond motifs is 1. The van der Waals surface area contributed by atoms with Crippen LogP contribution in [0.2, 0.25) is 0 Å². The second-order valence-electron chi connectivity index (χ2n) is 9.71. The van der Waals surface area contributed by atoms with E-state index in [0.29, 0.717) is 0 Å². The van der Waals surface area contributed by atoms with E-state index >= 15 is 0 Å². The number of rotatable bonds is 10. The Kier molecular flexibility index (Phi) is 11.1. The van der Waals surface area contributed by atoms with Crippen LogP contribution in [0, 0.1) is 19.3 Å². The van der Waals surface area contributed by atoms with Crippen molar-refractivity contribution in [2.45, 2.75) is 92.9 Å². The molecule has 1 aliphatic rings. The smallest absolute Gasteiger partial charge is 0.307 e. The molecule has 2 rings (SSSR count). The van der Waals surface area contributed by atoms with Crippen molar-refractivity contribution in [3.8, 4) is 0 Å². The maximum atomic E-state index is 12.8. The first kappa shape index (κ1) is 28.0. The third kappa shape index (κ3) is 7.23. The molecule has 1 radical (unpaired) electrons. The summed E-state index contributed by atoms with van der Waals surface area (Å²) in [5, 5.41) is 12.6. The van der Waals surface area contributed by atoms with Gasteiger partial charge >= 0.3 is 5.97 Å². The van der Waals surface area contributed by atoms with Gasteiger partial charge in [0, 0.05) is 48.1 Å². The summed E-state index contributed by atoms with van der Waals surface area (Å²) in [4.78, 5) is 26.7. The second kappa shape index (κ2) is 12.3. The van der Waals surface area contributed by atoms with Gasteiger partial charge in [0.25, 0.3) is 0 Å². The minimum absolute atomic E-state index is 0. The number of unbranched alkanes of at least 4 members (excludes halogenated alkanes) is 5. The van der Waals surface area contributed by atoms with Crippen LogP contribution >= 0.6 is 0 Å². The molecular formula is C25H40N2NaO3. The number of aliphatic carboxylic acids is 1. The fourth-order valence-corrected chi connectivity index (χ4v) is 4.31. The summed E-state index contributed by atoms with van der Waals surface area (Å²) >= 11 is 0. The van der Waals surface area contributed by atoms with E-state index in [1.165, 1.54) is 37.7 Å². The molecular weight excluding hydrogens is 399 g/mol. The zero-order valence-corrected chi connectivity index (χ0v) is 22.8. The van der Waals surface area contributed by atoms with Crippen LogP contribution in [0.3, 0.4) is 0 Å². The SMILES string of the molecule is CCCCCCCCN1CCc2c(C)c(CC(=O)O)c(C)c(NC(=O)C(C)(C)C)c21.[Na]. The van der Waals surface area contributed by atoms with Crippen molar-refractivity contribution in [3.05, 3.63) is 22.3 Å². The molecule has 31 heavy (non-hydrogen) atoms. The molecule has 0 fully saturated rings. The molecule has 0 bridgehead atoms. The van der Waals surface area contributed by atoms with Crippen LogP contribution in [0.1, 0.15) is 88.5 Å². The standard InChI is InChI=1S/C25H40N2O3.Na/c1-7-8-9-10-11-12-14-27-15-13-19-17(2)20(16-21(28)29)18(3)22(23(19)27)26-24(30)25(4,5)6;/h7-16H2,1-6H3,(H,26,30)(H,28,29);. The number of hydrogen-bond donors (Lipinski definition) is 2. The summed E-state index contributed by atoms with van der Waals surface area (Å²) in [5.74, 6) is -0.875. The van der Waals surface area contributed by atoms with E-state index in [0.717, 1.165) is 54.0 Å². The number of carbonyl (C=O) groups excluding carboxylic acids is 1. The van der Waals surface area contributed by atoms with Gasteiger partial charge in [-0.15, -0.1) is 0 Å². The van der Waals surface area contributed by atoms with E-state index in [9.17, 15) is 14.7 Å². The zero-order chi connectivity index (χ0) is 22.5. The summed E-state index contributed by atoms with van der Waals surface area (Å²) < 4.78 is 0. The number of hydrogen-bond acceptors (Lipinski definition) is 3. The number of carboxylic acid groups (broad SMARTS) is 1. The molecule has 5 nitrogen and oxygen atoms in total. The quantitative estimate of drug-likeness (QED) is 0.385. The number of carbonyl (C=O) groups is 2. The summed E-state index contributed by atoms with van der Waals surface area (Å²) in [7, 11) is 0. The number of nitrogens with zero attached hydrogens (tertiary/aromatic N) is 1. The van der Waals surface area contributed by atoms with Crippen LogP contribution in [0.25, 0.3) is 0 Å². The van der Waals surface area contributed by atoms with Crippen LogP contribution in [0.15, 0.2) is 0 Å². The molecule has 1 aromatic rings. The normalized spacial score (nSPS) is 13.0. The van der Waals surface area contributed by atoms with Gasteiger partial charge in [0.2, 0.25) is 5.91 Å². The van der Waals surface area contributed by atoms with Crippen molar-refractivity contribution >= 4 is 52.8 Å². The average Bonchev–Trinajstić information content (AvgIpc) is 3.08. The predicted octanol–water partition coefficient (Wildman–Crippen LogP) is 5.26. The van der Waals surface area contributed by atoms with Crippen molar-refractivity contribution in [3.63, 3.8) is 0 Å². The molecule has 169 valence electrons. The van der Waals surface area contributed by atoms with Crippen LogP contribution < -0.4 is 10.2 Å². The molecule has 1 amide bonds. The van der Waals surface area contributed by atoms with Gasteiger partial charge in [0.15, 0.2) is 0 Å². The molecule has 0 aliphatic carbocycles. The van der Waals surface area contributed by atoms with Crippen molar-refractivity contribution in [1.82, 2.24) is 0 Å². The van der Waals surface area contributed by atoms with Crippen molar-refractivity contribution in [1.29, 1.82) is 0 Å². The van der Waals surface area contributed by atoms with Gasteiger partial charge in [0.1, 0.15) is 0 Å². The van der Waals surface area contributed by atoms with Crippen molar-refractivity contribution in [2.75, 3.05) is 23.3 Å². The number of nitrogens with one attached hydrogen (secondary N) is 1. The van der Waals surface area contributed by atoms with E-state index in [1.54, 1.807) is 0 Å². The Morgan fingerprint density at radius 2 is 1.65 bits per heavy atom. The Morgan fingerprint density at radius 1 is 1.03 bits per heavy atom. The van der Waals surface area contributed by atoms with E-state index in [1.807, 2.05) is 34.6 Å². The number of anilines is 2. The Bertz CT molecular complexity index is 784. The van der Waals surface area contributed by atoms with Crippen LogP contribution in [0.4, 0.5) is 11.4 Å². The summed E-state index contributed by atoms with van der Waals surface area (Å²) in [6.45, 7) is 13.8. The first-order valence-corrected chi connectivity index (χ1v) is 11.5. The minimum Gasteiger partial charge on any atom is -0.481 e. The maximum absolute atomic E-state index is 12.8. The third-order valence-electron chi connectivity index (χ3n) is 6.23. The molecule has 1 aliphatic heterocycles. The van der Waals surface area contributed by atoms with Gasteiger partial charge in [-0.05, 0) is 48.9 Å². The van der Waals surface area contributed by atoms with Crippen LogP contribution in [0.5, 0.6) is 0 Å². The molecule has 0 spiro atoms. The summed E-state index contributed by atoms with van der Waals surface area (Å²) in [5.41, 5.74) is 5.42. The molecule has 0 saturated carbocycles. The fraction of sp³-hybridized carbons (Fsp3) is 0.680. The van der Waals surface area contributed by atoms with Gasteiger partial charge in [-0.1, -0.05) is 59.8 Å². The molecule has 0 saturated heterocycles. The first-order chi connectivity index (χ1) is 14.1. The summed E-state index contributed by atoms with van der Waals surface area (Å²) in [6, 6.07) is 0. The Labute approximate surface area is 210 Å². The average molecular weight is 440 g/mol. The molecule has 0 atom stereocenters. The van der Waals surface area contributed by atoms with E-state index in [2.05, 4.69) is 17.1 Å². The van der Waals surface area contributed by atoms with Crippen LogP contribution in [-0.2, 0) is 22.4 Å². The number of carboxylic acids is 1. The van der Waals surface area contributed by atoms with E-state index in [-0.39, 0.29) is 41.9 Å². The molecule has 1 heterocycles. The van der Waals surface area contributed by atoms with Gasteiger partial charge in [-0.3, -0.25) is 9.59 Å². The van der Waals surface area contributed by atoms with Gasteiger partial charge in [-0.25, -0.2) is 0 Å². The van der Waals surface area contributed by atoms with Crippen LogP contribution in [-0.4, -0.2) is 59.6 Å². The molecule has 1 aromatic carbocycles. The first-order valence-electron chi connectivity index (χ1n) is 11.5. The number of amides is 1. The maximum Gasteiger partial charge on any atom is 0.307 e. The van der Waals surface area contributed by atoms with E-state index < -0.39 is 11.4 Å². The molecule has 0 unspecified atom stereocenters. The predicted molar refractivity (Wildman–Crippen MR) is 130 cm³/mol. The number of benzene rings is 1.